The molecule has 2 heterocycles. The van der Waals surface area contributed by atoms with E-state index in [9.17, 15) is 31.5 Å². The molecule has 0 radical (unpaired) electrons. The number of carboxylic acids is 2. The third-order valence-electron chi connectivity index (χ3n) is 3.88. The first-order valence-electron chi connectivity index (χ1n) is 9.29. The van der Waals surface area contributed by atoms with Crippen LogP contribution in [0.1, 0.15) is 37.0 Å². The van der Waals surface area contributed by atoms with Gasteiger partial charge in [0, 0.05) is 19.3 Å². The fraction of sp³-hybridized carbons (Fsp3) is 0.389. The number of carboxylic acid groups (broad SMARTS) is 2. The molecule has 0 aliphatic heterocycles. The molecule has 0 aliphatic carbocycles. The number of hydrogen-bond donors (Lipinski definition) is 3. The molecule has 2 rings (SSSR count). The van der Waals surface area contributed by atoms with Crippen molar-refractivity contribution in [2.24, 2.45) is 0 Å². The van der Waals surface area contributed by atoms with Gasteiger partial charge in [0.1, 0.15) is 4.21 Å². The molecule has 0 bridgehead atoms. The molecule has 33 heavy (non-hydrogen) atoms. The highest BCUT2D eigenvalue weighted by molar-refractivity contribution is 9.11. The largest absolute Gasteiger partial charge is 0.490 e. The number of pyridine rings is 1. The number of nitrogens with one attached hydrogen (secondary N) is 1. The monoisotopic (exact) mass is 575 g/mol. The zero-order valence-electron chi connectivity index (χ0n) is 17.4. The van der Waals surface area contributed by atoms with Crippen molar-refractivity contribution in [1.29, 1.82) is 0 Å². The van der Waals surface area contributed by atoms with Crippen LogP contribution in [0.2, 0.25) is 0 Å². The van der Waals surface area contributed by atoms with Gasteiger partial charge < -0.3 is 15.1 Å². The van der Waals surface area contributed by atoms with Crippen LogP contribution in [-0.2, 0) is 14.8 Å². The number of unbranched alkanes of at least 4 members (excludes halogenated alkanes) is 1. The summed E-state index contributed by atoms with van der Waals surface area (Å²) in [4.78, 5) is 26.3. The number of nitrogens with zero attached hydrogens (tertiary/aromatic N) is 2. The van der Waals surface area contributed by atoms with Crippen LogP contribution in [0, 0.1) is 0 Å². The van der Waals surface area contributed by atoms with Crippen molar-refractivity contribution in [3.8, 4) is 0 Å². The third-order valence-corrected chi connectivity index (χ3v) is 7.36. The Bertz CT molecular complexity index is 1080. The van der Waals surface area contributed by atoms with E-state index in [-0.39, 0.29) is 15.5 Å². The topological polar surface area (TPSA) is 137 Å². The Morgan fingerprint density at radius 3 is 2.27 bits per heavy atom. The number of halogens is 4. The zero-order chi connectivity index (χ0) is 25.4. The average molecular weight is 576 g/mol. The number of carbonyl (C=O) groups is 2. The normalized spacial score (nSPS) is 11.3. The number of aliphatic carboxylic acids is 1. The molecule has 0 spiro atoms. The number of hydrogen-bond acceptors (Lipinski definition) is 7. The maximum absolute atomic E-state index is 12.7. The summed E-state index contributed by atoms with van der Waals surface area (Å²) in [5, 5.41) is 16.3. The van der Waals surface area contributed by atoms with Crippen molar-refractivity contribution in [1.82, 2.24) is 4.98 Å². The van der Waals surface area contributed by atoms with Gasteiger partial charge in [0.2, 0.25) is 0 Å². The molecule has 0 saturated heterocycles. The lowest BCUT2D eigenvalue weighted by molar-refractivity contribution is -0.192. The lowest BCUT2D eigenvalue weighted by Gasteiger charge is -2.24. The van der Waals surface area contributed by atoms with E-state index in [1.807, 2.05) is 11.8 Å². The number of alkyl halides is 3. The highest BCUT2D eigenvalue weighted by atomic mass is 79.9. The smallest absolute Gasteiger partial charge is 0.478 e. The number of anilines is 2. The minimum absolute atomic E-state index is 0.0784. The van der Waals surface area contributed by atoms with E-state index in [0.29, 0.717) is 22.7 Å². The quantitative estimate of drug-likeness (QED) is 0.392. The molecule has 15 heteroatoms. The van der Waals surface area contributed by atoms with Crippen LogP contribution < -0.4 is 9.62 Å². The van der Waals surface area contributed by atoms with Gasteiger partial charge in [0.25, 0.3) is 10.0 Å². The highest BCUT2D eigenvalue weighted by Crippen LogP contribution is 2.31. The van der Waals surface area contributed by atoms with Crippen LogP contribution in [0.25, 0.3) is 0 Å². The van der Waals surface area contributed by atoms with Crippen LogP contribution in [0.4, 0.5) is 24.7 Å². The molecular formula is C18H21BrF3N3O6S2. The van der Waals surface area contributed by atoms with Gasteiger partial charge in [0.05, 0.1) is 15.0 Å². The van der Waals surface area contributed by atoms with Gasteiger partial charge in [-0.25, -0.2) is 23.0 Å². The van der Waals surface area contributed by atoms with Gasteiger partial charge in [-0.3, -0.25) is 4.72 Å². The Hall–Kier alpha value is -2.39. The molecule has 3 N–H and O–H groups in total. The van der Waals surface area contributed by atoms with Crippen molar-refractivity contribution < 1.29 is 41.4 Å². The first-order chi connectivity index (χ1) is 15.2. The van der Waals surface area contributed by atoms with E-state index < -0.39 is 28.1 Å². The number of aromatic carboxylic acids is 1. The molecule has 0 atom stereocenters. The molecular weight excluding hydrogens is 555 g/mol. The summed E-state index contributed by atoms with van der Waals surface area (Å²) < 4.78 is 60.4. The molecule has 2 aromatic heterocycles. The van der Waals surface area contributed by atoms with Crippen molar-refractivity contribution in [2.45, 2.75) is 37.1 Å². The minimum Gasteiger partial charge on any atom is -0.478 e. The van der Waals surface area contributed by atoms with Gasteiger partial charge in [-0.1, -0.05) is 13.3 Å². The van der Waals surface area contributed by atoms with E-state index in [4.69, 9.17) is 9.90 Å². The predicted octanol–water partition coefficient (Wildman–Crippen LogP) is 4.66. The standard InChI is InChI=1S/C16H20BrN3O4S2.C2HF3O2/c1-3-5-8-20(4-2)15-12(9-11(10-18-15)16(21)22)19-26(23,24)14-7-6-13(17)25-14;3-2(4,5)1(6)7/h6-7,9-10,19H,3-5,8H2,1-2H3,(H,21,22);(H,6,7). The lowest BCUT2D eigenvalue weighted by atomic mass is 10.2. The molecule has 184 valence electrons. The fourth-order valence-corrected chi connectivity index (χ4v) is 5.36. The van der Waals surface area contributed by atoms with Crippen LogP contribution >= 0.6 is 27.3 Å². The van der Waals surface area contributed by atoms with Gasteiger partial charge in [-0.05, 0) is 47.5 Å². The maximum Gasteiger partial charge on any atom is 0.490 e. The second kappa shape index (κ2) is 12.2. The van der Waals surface area contributed by atoms with Crippen molar-refractivity contribution in [3.05, 3.63) is 33.7 Å². The summed E-state index contributed by atoms with van der Waals surface area (Å²) >= 11 is 4.32. The van der Waals surface area contributed by atoms with Crippen molar-refractivity contribution >= 4 is 60.7 Å². The van der Waals surface area contributed by atoms with Crippen LogP contribution in [-0.4, -0.2) is 54.8 Å². The summed E-state index contributed by atoms with van der Waals surface area (Å²) in [5.41, 5.74) is 0.0812. The van der Waals surface area contributed by atoms with Crippen LogP contribution in [0.15, 0.2) is 32.4 Å². The van der Waals surface area contributed by atoms with E-state index in [1.54, 1.807) is 6.07 Å². The van der Waals surface area contributed by atoms with E-state index >= 15 is 0 Å². The highest BCUT2D eigenvalue weighted by Gasteiger charge is 2.38. The van der Waals surface area contributed by atoms with Gasteiger partial charge in [-0.2, -0.15) is 13.2 Å². The molecule has 0 aliphatic rings. The number of rotatable bonds is 9. The van der Waals surface area contributed by atoms with E-state index in [2.05, 4.69) is 32.6 Å². The Labute approximate surface area is 200 Å². The molecule has 9 nitrogen and oxygen atoms in total. The molecule has 0 saturated carbocycles. The number of aromatic nitrogens is 1. The summed E-state index contributed by atoms with van der Waals surface area (Å²) in [5.74, 6) is -3.50. The van der Waals surface area contributed by atoms with E-state index in [1.165, 1.54) is 18.3 Å². The predicted molar refractivity (Wildman–Crippen MR) is 121 cm³/mol. The molecule has 0 fully saturated rings. The molecule has 0 unspecified atom stereocenters. The Morgan fingerprint density at radius 1 is 1.24 bits per heavy atom. The second-order valence-corrected chi connectivity index (χ2v) is 10.7. The molecule has 0 aromatic carbocycles. The summed E-state index contributed by atoms with van der Waals surface area (Å²) in [6.07, 6.45) is -1.94. The fourth-order valence-electron chi connectivity index (χ4n) is 2.30. The Kier molecular flexibility index (Phi) is 10.6. The lowest BCUT2D eigenvalue weighted by Crippen LogP contribution is -2.27. The first kappa shape index (κ1) is 28.6. The number of sulfonamides is 1. The van der Waals surface area contributed by atoms with Crippen LogP contribution in [0.3, 0.4) is 0 Å². The summed E-state index contributed by atoms with van der Waals surface area (Å²) in [6.45, 7) is 5.33. The first-order valence-corrected chi connectivity index (χ1v) is 12.4. The minimum atomic E-state index is -5.08. The average Bonchev–Trinajstić information content (AvgIpc) is 3.16. The SMILES string of the molecule is CCCCN(CC)c1ncc(C(=O)O)cc1NS(=O)(=O)c1ccc(Br)s1.O=C(O)C(F)(F)F. The molecule has 0 amide bonds. The van der Waals surface area contributed by atoms with Crippen molar-refractivity contribution in [2.75, 3.05) is 22.7 Å². The van der Waals surface area contributed by atoms with Crippen molar-refractivity contribution in [3.63, 3.8) is 0 Å². The van der Waals surface area contributed by atoms with E-state index in [0.717, 1.165) is 24.2 Å². The number of thiophene rings is 1. The van der Waals surface area contributed by atoms with Gasteiger partial charge in [-0.15, -0.1) is 11.3 Å². The third kappa shape index (κ3) is 8.81. The Balaban J connectivity index is 0.000000675. The van der Waals surface area contributed by atoms with Crippen LogP contribution in [0.5, 0.6) is 0 Å². The summed E-state index contributed by atoms with van der Waals surface area (Å²) in [6, 6.07) is 4.44. The summed E-state index contributed by atoms with van der Waals surface area (Å²) in [7, 11) is -3.84. The molecule has 2 aromatic rings. The van der Waals surface area contributed by atoms with Gasteiger partial charge >= 0.3 is 18.1 Å². The zero-order valence-corrected chi connectivity index (χ0v) is 20.6. The Morgan fingerprint density at radius 2 is 1.85 bits per heavy atom. The maximum atomic E-state index is 12.7. The van der Waals surface area contributed by atoms with Gasteiger partial charge in [0.15, 0.2) is 5.82 Å². The second-order valence-electron chi connectivity index (χ2n) is 6.30.